The molecule has 22 heavy (non-hydrogen) atoms. The number of benzene rings is 1. The van der Waals surface area contributed by atoms with E-state index in [2.05, 4.69) is 9.97 Å². The fourth-order valence-electron chi connectivity index (χ4n) is 2.50. The highest BCUT2D eigenvalue weighted by Crippen LogP contribution is 2.33. The van der Waals surface area contributed by atoms with Gasteiger partial charge in [0.1, 0.15) is 5.54 Å². The Balaban J connectivity index is 2.37. The molecular formula is C17H21N3O2. The van der Waals surface area contributed by atoms with Crippen molar-refractivity contribution in [1.82, 2.24) is 9.97 Å². The van der Waals surface area contributed by atoms with Gasteiger partial charge in [-0.05, 0) is 23.5 Å². The molecule has 2 rings (SSSR count). The minimum atomic E-state index is -1.41. The monoisotopic (exact) mass is 299 g/mol. The third-order valence-corrected chi connectivity index (χ3v) is 3.41. The highest BCUT2D eigenvalue weighted by molar-refractivity contribution is 5.80. The van der Waals surface area contributed by atoms with Crippen molar-refractivity contribution in [2.24, 2.45) is 11.1 Å². The highest BCUT2D eigenvalue weighted by atomic mass is 16.4. The summed E-state index contributed by atoms with van der Waals surface area (Å²) in [7, 11) is 0. The van der Waals surface area contributed by atoms with Crippen molar-refractivity contribution >= 4 is 5.97 Å². The van der Waals surface area contributed by atoms with Crippen LogP contribution in [0.5, 0.6) is 0 Å². The first-order valence-electron chi connectivity index (χ1n) is 7.13. The average molecular weight is 299 g/mol. The molecule has 5 nitrogen and oxygen atoms in total. The van der Waals surface area contributed by atoms with Gasteiger partial charge in [0.25, 0.3) is 0 Å². The molecule has 0 bridgehead atoms. The van der Waals surface area contributed by atoms with Crippen molar-refractivity contribution in [1.29, 1.82) is 0 Å². The van der Waals surface area contributed by atoms with Gasteiger partial charge in [0.2, 0.25) is 0 Å². The molecular weight excluding hydrogens is 278 g/mol. The molecule has 1 aromatic heterocycles. The van der Waals surface area contributed by atoms with Crippen molar-refractivity contribution in [3.05, 3.63) is 48.3 Å². The SMILES string of the molecule is CC(C)(C)CC(N)(C(=O)O)c1ccc(-c2ncccn2)cc1. The molecule has 3 N–H and O–H groups in total. The van der Waals surface area contributed by atoms with Crippen LogP contribution < -0.4 is 5.73 Å². The second kappa shape index (κ2) is 5.85. The Bertz CT molecular complexity index is 648. The zero-order chi connectivity index (χ0) is 16.4. The number of hydrogen-bond donors (Lipinski definition) is 2. The van der Waals surface area contributed by atoms with Gasteiger partial charge < -0.3 is 10.8 Å². The van der Waals surface area contributed by atoms with Crippen LogP contribution in [0.25, 0.3) is 11.4 Å². The topological polar surface area (TPSA) is 89.1 Å². The van der Waals surface area contributed by atoms with Gasteiger partial charge in [0.15, 0.2) is 5.82 Å². The predicted octanol–water partition coefficient (Wildman–Crippen LogP) is 2.82. The Hall–Kier alpha value is -2.27. The first-order chi connectivity index (χ1) is 10.2. The molecule has 0 amide bonds. The maximum Gasteiger partial charge on any atom is 0.328 e. The lowest BCUT2D eigenvalue weighted by Gasteiger charge is -2.32. The highest BCUT2D eigenvalue weighted by Gasteiger charge is 2.39. The first kappa shape index (κ1) is 16.1. The number of nitrogens with two attached hydrogens (primary N) is 1. The lowest BCUT2D eigenvalue weighted by atomic mass is 9.76. The number of aliphatic carboxylic acids is 1. The van der Waals surface area contributed by atoms with Gasteiger partial charge in [-0.2, -0.15) is 0 Å². The van der Waals surface area contributed by atoms with Gasteiger partial charge in [0.05, 0.1) is 0 Å². The van der Waals surface area contributed by atoms with E-state index in [-0.39, 0.29) is 5.41 Å². The lowest BCUT2D eigenvalue weighted by Crippen LogP contribution is -2.47. The van der Waals surface area contributed by atoms with E-state index in [1.807, 2.05) is 20.8 Å². The summed E-state index contributed by atoms with van der Waals surface area (Å²) in [6.45, 7) is 5.93. The zero-order valence-electron chi connectivity index (χ0n) is 13.1. The fourth-order valence-corrected chi connectivity index (χ4v) is 2.50. The summed E-state index contributed by atoms with van der Waals surface area (Å²) in [5.41, 5.74) is 6.00. The van der Waals surface area contributed by atoms with E-state index in [1.54, 1.807) is 42.7 Å². The van der Waals surface area contributed by atoms with Crippen LogP contribution in [0.15, 0.2) is 42.7 Å². The number of aromatic nitrogens is 2. The van der Waals surface area contributed by atoms with E-state index in [1.165, 1.54) is 0 Å². The molecule has 0 fully saturated rings. The van der Waals surface area contributed by atoms with Crippen LogP contribution in [-0.2, 0) is 10.3 Å². The largest absolute Gasteiger partial charge is 0.480 e. The van der Waals surface area contributed by atoms with Crippen LogP contribution in [0, 0.1) is 5.41 Å². The van der Waals surface area contributed by atoms with Crippen LogP contribution in [-0.4, -0.2) is 21.0 Å². The quantitative estimate of drug-likeness (QED) is 0.906. The van der Waals surface area contributed by atoms with Crippen molar-refractivity contribution in [3.8, 4) is 11.4 Å². The smallest absolute Gasteiger partial charge is 0.328 e. The van der Waals surface area contributed by atoms with Gasteiger partial charge in [-0.1, -0.05) is 45.0 Å². The number of carbonyl (C=O) groups is 1. The molecule has 2 aromatic rings. The van der Waals surface area contributed by atoms with Gasteiger partial charge in [-0.3, -0.25) is 0 Å². The summed E-state index contributed by atoms with van der Waals surface area (Å²) >= 11 is 0. The van der Waals surface area contributed by atoms with Crippen LogP contribution >= 0.6 is 0 Å². The zero-order valence-corrected chi connectivity index (χ0v) is 13.1. The Morgan fingerprint density at radius 3 is 2.14 bits per heavy atom. The van der Waals surface area contributed by atoms with Gasteiger partial charge in [-0.15, -0.1) is 0 Å². The predicted molar refractivity (Wildman–Crippen MR) is 85.0 cm³/mol. The molecule has 0 aliphatic heterocycles. The van der Waals surface area contributed by atoms with Gasteiger partial charge in [0, 0.05) is 18.0 Å². The molecule has 0 aliphatic carbocycles. The Kier molecular flexibility index (Phi) is 4.28. The normalized spacial score (nSPS) is 14.4. The summed E-state index contributed by atoms with van der Waals surface area (Å²) in [6, 6.07) is 8.84. The van der Waals surface area contributed by atoms with E-state index < -0.39 is 11.5 Å². The standard InChI is InChI=1S/C17H21N3O2/c1-16(2,3)11-17(18,15(21)22)13-7-5-12(6-8-13)14-19-9-4-10-20-14/h4-10H,11,18H2,1-3H3,(H,21,22). The summed E-state index contributed by atoms with van der Waals surface area (Å²) in [6.07, 6.45) is 3.68. The summed E-state index contributed by atoms with van der Waals surface area (Å²) in [4.78, 5) is 20.1. The van der Waals surface area contributed by atoms with Gasteiger partial charge in [-0.25, -0.2) is 14.8 Å². The average Bonchev–Trinajstić information content (AvgIpc) is 2.46. The minimum Gasteiger partial charge on any atom is -0.480 e. The van der Waals surface area contributed by atoms with Gasteiger partial charge >= 0.3 is 5.97 Å². The molecule has 116 valence electrons. The number of carboxylic acid groups (broad SMARTS) is 1. The Morgan fingerprint density at radius 1 is 1.14 bits per heavy atom. The van der Waals surface area contributed by atoms with Crippen molar-refractivity contribution < 1.29 is 9.90 Å². The molecule has 0 radical (unpaired) electrons. The third kappa shape index (κ3) is 3.49. The second-order valence-corrected chi connectivity index (χ2v) is 6.66. The lowest BCUT2D eigenvalue weighted by molar-refractivity contribution is -0.145. The number of rotatable bonds is 4. The van der Waals surface area contributed by atoms with E-state index in [4.69, 9.17) is 5.73 Å². The minimum absolute atomic E-state index is 0.200. The Labute approximate surface area is 130 Å². The maximum atomic E-state index is 11.7. The molecule has 1 heterocycles. The molecule has 0 aliphatic rings. The summed E-state index contributed by atoms with van der Waals surface area (Å²) in [5, 5.41) is 9.59. The third-order valence-electron chi connectivity index (χ3n) is 3.41. The van der Waals surface area contributed by atoms with Crippen LogP contribution in [0.1, 0.15) is 32.8 Å². The van der Waals surface area contributed by atoms with Crippen molar-refractivity contribution in [3.63, 3.8) is 0 Å². The molecule has 0 spiro atoms. The van der Waals surface area contributed by atoms with E-state index >= 15 is 0 Å². The maximum absolute atomic E-state index is 11.7. The van der Waals surface area contributed by atoms with Crippen molar-refractivity contribution in [2.75, 3.05) is 0 Å². The molecule has 5 heteroatoms. The summed E-state index contributed by atoms with van der Waals surface area (Å²) in [5.74, 6) is -0.422. The number of carboxylic acids is 1. The molecule has 1 aromatic carbocycles. The number of nitrogens with zero attached hydrogens (tertiary/aromatic N) is 2. The summed E-state index contributed by atoms with van der Waals surface area (Å²) < 4.78 is 0. The van der Waals surface area contributed by atoms with Crippen LogP contribution in [0.2, 0.25) is 0 Å². The number of hydrogen-bond acceptors (Lipinski definition) is 4. The van der Waals surface area contributed by atoms with E-state index in [0.29, 0.717) is 17.8 Å². The second-order valence-electron chi connectivity index (χ2n) is 6.66. The molecule has 1 atom stereocenters. The van der Waals surface area contributed by atoms with Crippen LogP contribution in [0.3, 0.4) is 0 Å². The fraction of sp³-hybridized carbons (Fsp3) is 0.353. The molecule has 0 saturated heterocycles. The van der Waals surface area contributed by atoms with Crippen LogP contribution in [0.4, 0.5) is 0 Å². The Morgan fingerprint density at radius 2 is 1.68 bits per heavy atom. The van der Waals surface area contributed by atoms with E-state index in [9.17, 15) is 9.90 Å². The first-order valence-corrected chi connectivity index (χ1v) is 7.13. The van der Waals surface area contributed by atoms with E-state index in [0.717, 1.165) is 5.56 Å². The van der Waals surface area contributed by atoms with Crippen molar-refractivity contribution in [2.45, 2.75) is 32.7 Å². The molecule has 0 saturated carbocycles. The molecule has 1 unspecified atom stereocenters.